The van der Waals surface area contributed by atoms with Crippen molar-refractivity contribution < 1.29 is 23.4 Å². The normalized spacial score (nSPS) is 15.8. The standard InChI is InChI=1S/C24H24N2O6S/c1-5-11-32-21-16(9-6-10-17(21)29-3)20-19(23(28)30-4)14(2)25-24-26(20)22(27)18(33-24)13-15-8-7-12-31-15/h6-10,12-13,20H,5,11H2,1-4H3/b18-13+. The zero-order valence-corrected chi connectivity index (χ0v) is 19.6. The Labute approximate surface area is 194 Å². The minimum atomic E-state index is -0.797. The van der Waals surface area contributed by atoms with Crippen LogP contribution < -0.4 is 24.4 Å². The molecular weight excluding hydrogens is 444 g/mol. The van der Waals surface area contributed by atoms with E-state index in [1.54, 1.807) is 50.6 Å². The lowest BCUT2D eigenvalue weighted by molar-refractivity contribution is -0.136. The third-order valence-electron chi connectivity index (χ3n) is 5.22. The molecular formula is C24H24N2O6S. The SMILES string of the molecule is CCCOc1c(OC)cccc1C1C(C(=O)OC)=C(C)N=c2s/c(=C/c3ccco3)c(=O)n21. The molecule has 3 aromatic rings. The number of rotatable bonds is 7. The van der Waals surface area contributed by atoms with Gasteiger partial charge in [-0.2, -0.15) is 0 Å². The van der Waals surface area contributed by atoms with Gasteiger partial charge in [-0.3, -0.25) is 9.36 Å². The maximum Gasteiger partial charge on any atom is 0.338 e. The zero-order valence-electron chi connectivity index (χ0n) is 18.8. The van der Waals surface area contributed by atoms with Gasteiger partial charge in [-0.1, -0.05) is 30.4 Å². The molecule has 0 bridgehead atoms. The smallest absolute Gasteiger partial charge is 0.338 e. The second-order valence-electron chi connectivity index (χ2n) is 7.32. The van der Waals surface area contributed by atoms with Gasteiger partial charge in [-0.15, -0.1) is 0 Å². The highest BCUT2D eigenvalue weighted by Crippen LogP contribution is 2.40. The molecule has 0 N–H and O–H groups in total. The average Bonchev–Trinajstić information content (AvgIpc) is 3.44. The van der Waals surface area contributed by atoms with Gasteiger partial charge < -0.3 is 18.6 Å². The molecule has 0 aliphatic carbocycles. The van der Waals surface area contributed by atoms with Crippen molar-refractivity contribution in [3.63, 3.8) is 0 Å². The van der Waals surface area contributed by atoms with E-state index in [1.165, 1.54) is 23.0 Å². The van der Waals surface area contributed by atoms with Crippen molar-refractivity contribution in [3.05, 3.63) is 78.9 Å². The lowest BCUT2D eigenvalue weighted by atomic mass is 9.94. The molecule has 2 aromatic heterocycles. The van der Waals surface area contributed by atoms with E-state index in [1.807, 2.05) is 13.0 Å². The summed E-state index contributed by atoms with van der Waals surface area (Å²) in [6.07, 6.45) is 3.99. The van der Waals surface area contributed by atoms with Gasteiger partial charge in [0.1, 0.15) is 11.8 Å². The highest BCUT2D eigenvalue weighted by Gasteiger charge is 2.35. The van der Waals surface area contributed by atoms with Crippen LogP contribution in [0.3, 0.4) is 0 Å². The van der Waals surface area contributed by atoms with Crippen LogP contribution in [-0.4, -0.2) is 31.4 Å². The average molecular weight is 469 g/mol. The molecule has 0 radical (unpaired) electrons. The largest absolute Gasteiger partial charge is 0.493 e. The van der Waals surface area contributed by atoms with Crippen molar-refractivity contribution in [1.29, 1.82) is 0 Å². The van der Waals surface area contributed by atoms with Gasteiger partial charge in [-0.25, -0.2) is 9.79 Å². The lowest BCUT2D eigenvalue weighted by Gasteiger charge is -2.26. The van der Waals surface area contributed by atoms with E-state index in [0.29, 0.717) is 44.5 Å². The maximum atomic E-state index is 13.6. The molecule has 1 unspecified atom stereocenters. The van der Waals surface area contributed by atoms with Crippen LogP contribution in [0.5, 0.6) is 11.5 Å². The number of para-hydroxylation sites is 1. The molecule has 0 amide bonds. The number of esters is 1. The van der Waals surface area contributed by atoms with E-state index >= 15 is 0 Å². The molecule has 0 saturated carbocycles. The fourth-order valence-electron chi connectivity index (χ4n) is 3.76. The van der Waals surface area contributed by atoms with Crippen molar-refractivity contribution >= 4 is 23.4 Å². The Hall–Kier alpha value is -3.59. The molecule has 1 aliphatic rings. The highest BCUT2D eigenvalue weighted by molar-refractivity contribution is 7.07. The van der Waals surface area contributed by atoms with Gasteiger partial charge >= 0.3 is 5.97 Å². The Morgan fingerprint density at radius 1 is 1.27 bits per heavy atom. The van der Waals surface area contributed by atoms with Gasteiger partial charge in [0.05, 0.1) is 42.9 Å². The Morgan fingerprint density at radius 3 is 2.76 bits per heavy atom. The van der Waals surface area contributed by atoms with Crippen molar-refractivity contribution in [2.24, 2.45) is 4.99 Å². The van der Waals surface area contributed by atoms with Crippen LogP contribution in [0.2, 0.25) is 0 Å². The number of methoxy groups -OCH3 is 2. The Bertz CT molecular complexity index is 1380. The Balaban J connectivity index is 2.02. The number of fused-ring (bicyclic) bond motifs is 1. The van der Waals surface area contributed by atoms with E-state index in [-0.39, 0.29) is 11.1 Å². The number of carbonyl (C=O) groups excluding carboxylic acids is 1. The molecule has 0 saturated heterocycles. The fraction of sp³-hybridized carbons (Fsp3) is 0.292. The summed E-state index contributed by atoms with van der Waals surface area (Å²) in [7, 11) is 2.86. The van der Waals surface area contributed by atoms with Gasteiger partial charge in [0, 0.05) is 11.6 Å². The molecule has 1 atom stereocenters. The topological polar surface area (TPSA) is 92.3 Å². The number of hydrogen-bond donors (Lipinski definition) is 0. The monoisotopic (exact) mass is 468 g/mol. The molecule has 0 spiro atoms. The summed E-state index contributed by atoms with van der Waals surface area (Å²) in [5, 5.41) is 0. The molecule has 4 rings (SSSR count). The fourth-order valence-corrected chi connectivity index (χ4v) is 4.78. The first-order valence-electron chi connectivity index (χ1n) is 10.4. The summed E-state index contributed by atoms with van der Waals surface area (Å²) in [5.74, 6) is 0.973. The van der Waals surface area contributed by atoms with Crippen LogP contribution >= 0.6 is 11.3 Å². The third kappa shape index (κ3) is 4.11. The molecule has 1 aromatic carbocycles. The predicted molar refractivity (Wildman–Crippen MR) is 123 cm³/mol. The number of carbonyl (C=O) groups is 1. The van der Waals surface area contributed by atoms with Crippen LogP contribution in [0.25, 0.3) is 6.08 Å². The van der Waals surface area contributed by atoms with E-state index < -0.39 is 12.0 Å². The summed E-state index contributed by atoms with van der Waals surface area (Å²) in [4.78, 5) is 31.5. The molecule has 0 fully saturated rings. The van der Waals surface area contributed by atoms with E-state index in [2.05, 4.69) is 4.99 Å². The maximum absolute atomic E-state index is 13.6. The van der Waals surface area contributed by atoms with Crippen molar-refractivity contribution in [2.75, 3.05) is 20.8 Å². The number of allylic oxidation sites excluding steroid dienone is 1. The Kier molecular flexibility index (Phi) is 6.50. The summed E-state index contributed by atoms with van der Waals surface area (Å²) < 4.78 is 24.0. The van der Waals surface area contributed by atoms with Gasteiger partial charge in [0.15, 0.2) is 16.3 Å². The molecule has 172 valence electrons. The number of ether oxygens (including phenoxy) is 3. The van der Waals surface area contributed by atoms with E-state index in [0.717, 1.165) is 6.42 Å². The van der Waals surface area contributed by atoms with Gasteiger partial charge in [-0.05, 0) is 31.5 Å². The highest BCUT2D eigenvalue weighted by atomic mass is 32.1. The second kappa shape index (κ2) is 9.50. The first-order chi connectivity index (χ1) is 16.0. The number of hydrogen-bond acceptors (Lipinski definition) is 8. The summed E-state index contributed by atoms with van der Waals surface area (Å²) in [6, 6.07) is 8.12. The van der Waals surface area contributed by atoms with Crippen LogP contribution in [0, 0.1) is 0 Å². The number of aromatic nitrogens is 1. The quantitative estimate of drug-likeness (QED) is 0.495. The summed E-state index contributed by atoms with van der Waals surface area (Å²) >= 11 is 1.23. The van der Waals surface area contributed by atoms with Crippen molar-refractivity contribution in [2.45, 2.75) is 26.3 Å². The Morgan fingerprint density at radius 2 is 2.09 bits per heavy atom. The second-order valence-corrected chi connectivity index (χ2v) is 8.32. The zero-order chi connectivity index (χ0) is 23.5. The molecule has 8 nitrogen and oxygen atoms in total. The van der Waals surface area contributed by atoms with Gasteiger partial charge in [0.2, 0.25) is 0 Å². The van der Waals surface area contributed by atoms with Crippen LogP contribution in [0.4, 0.5) is 0 Å². The number of benzene rings is 1. The molecule has 9 heteroatoms. The summed E-state index contributed by atoms with van der Waals surface area (Å²) in [5.41, 5.74) is 1.06. The van der Waals surface area contributed by atoms with Crippen LogP contribution in [-0.2, 0) is 9.53 Å². The van der Waals surface area contributed by atoms with E-state index in [4.69, 9.17) is 18.6 Å². The summed E-state index contributed by atoms with van der Waals surface area (Å²) in [6.45, 7) is 4.18. The van der Waals surface area contributed by atoms with Crippen molar-refractivity contribution in [1.82, 2.24) is 4.57 Å². The minimum absolute atomic E-state index is 0.268. The van der Waals surface area contributed by atoms with E-state index in [9.17, 15) is 9.59 Å². The van der Waals surface area contributed by atoms with Gasteiger partial charge in [0.25, 0.3) is 5.56 Å². The molecule has 33 heavy (non-hydrogen) atoms. The lowest BCUT2D eigenvalue weighted by Crippen LogP contribution is -2.40. The first-order valence-corrected chi connectivity index (χ1v) is 11.3. The molecule has 1 aliphatic heterocycles. The minimum Gasteiger partial charge on any atom is -0.493 e. The van der Waals surface area contributed by atoms with Crippen molar-refractivity contribution in [3.8, 4) is 11.5 Å². The number of thiazole rings is 1. The van der Waals surface area contributed by atoms with Crippen LogP contribution in [0.1, 0.15) is 37.6 Å². The predicted octanol–water partition coefficient (Wildman–Crippen LogP) is 2.80. The van der Waals surface area contributed by atoms with Crippen LogP contribution in [0.15, 0.2) is 62.1 Å². The third-order valence-corrected chi connectivity index (χ3v) is 6.20. The molecule has 3 heterocycles. The first kappa shape index (κ1) is 22.6. The number of furan rings is 1. The number of nitrogens with zero attached hydrogens (tertiary/aromatic N) is 2.